The number of hydrogen-bond acceptors (Lipinski definition) is 3. The highest BCUT2D eigenvalue weighted by atomic mass is 16.5. The lowest BCUT2D eigenvalue weighted by Gasteiger charge is -2.41. The molecular weight excluding hydrogens is 276 g/mol. The van der Waals surface area contributed by atoms with Crippen LogP contribution in [0.25, 0.3) is 0 Å². The third-order valence-corrected chi connectivity index (χ3v) is 4.52. The van der Waals surface area contributed by atoms with Crippen molar-refractivity contribution < 1.29 is 9.32 Å². The van der Waals surface area contributed by atoms with Gasteiger partial charge in [0.25, 0.3) is 0 Å². The molecule has 1 aliphatic heterocycles. The van der Waals surface area contributed by atoms with E-state index < -0.39 is 0 Å². The molecule has 1 aromatic carbocycles. The number of likely N-dealkylation sites (tertiary alicyclic amines) is 1. The number of amides is 1. The molecular formula is C18H22N2O2. The highest BCUT2D eigenvalue weighted by Gasteiger charge is 2.34. The second-order valence-electron chi connectivity index (χ2n) is 6.46. The Kier molecular flexibility index (Phi) is 4.01. The van der Waals surface area contributed by atoms with Crippen molar-refractivity contribution in [2.75, 3.05) is 13.1 Å². The van der Waals surface area contributed by atoms with Gasteiger partial charge in [-0.15, -0.1) is 0 Å². The van der Waals surface area contributed by atoms with Crippen molar-refractivity contribution in [3.8, 4) is 0 Å². The van der Waals surface area contributed by atoms with E-state index in [-0.39, 0.29) is 11.3 Å². The zero-order valence-corrected chi connectivity index (χ0v) is 13.2. The first-order valence-electron chi connectivity index (χ1n) is 7.82. The number of piperidine rings is 1. The Bertz CT molecular complexity index is 650. The van der Waals surface area contributed by atoms with Crippen molar-refractivity contribution in [1.82, 2.24) is 10.1 Å². The number of hydrogen-bond donors (Lipinski definition) is 0. The molecule has 0 N–H and O–H groups in total. The first-order valence-corrected chi connectivity index (χ1v) is 7.82. The van der Waals surface area contributed by atoms with Crippen LogP contribution in [0.3, 0.4) is 0 Å². The minimum absolute atomic E-state index is 0.0342. The monoisotopic (exact) mass is 298 g/mol. The third-order valence-electron chi connectivity index (χ3n) is 4.52. The van der Waals surface area contributed by atoms with Gasteiger partial charge in [0.05, 0.1) is 12.1 Å². The largest absolute Gasteiger partial charge is 0.361 e. The summed E-state index contributed by atoms with van der Waals surface area (Å²) >= 11 is 0. The molecule has 3 rings (SSSR count). The standard InChI is InChI=1S/C18H22N2O2/c1-14-11-16(22-19-14)12-17(21)20-10-6-9-18(2,13-20)15-7-4-3-5-8-15/h3-5,7-8,11H,6,9-10,12-13H2,1-2H3/t18-/m1/s1. The van der Waals surface area contributed by atoms with Crippen molar-refractivity contribution >= 4 is 5.91 Å². The number of aromatic nitrogens is 1. The summed E-state index contributed by atoms with van der Waals surface area (Å²) < 4.78 is 5.16. The number of nitrogens with zero attached hydrogens (tertiary/aromatic N) is 2. The Balaban J connectivity index is 1.71. The molecule has 0 radical (unpaired) electrons. The molecule has 0 unspecified atom stereocenters. The van der Waals surface area contributed by atoms with Crippen LogP contribution in [-0.2, 0) is 16.6 Å². The van der Waals surface area contributed by atoms with Crippen LogP contribution in [0.2, 0.25) is 0 Å². The molecule has 1 aromatic heterocycles. The van der Waals surface area contributed by atoms with Crippen LogP contribution in [0.4, 0.5) is 0 Å². The predicted molar refractivity (Wildman–Crippen MR) is 84.6 cm³/mol. The normalized spacial score (nSPS) is 21.8. The number of benzene rings is 1. The van der Waals surface area contributed by atoms with Gasteiger partial charge < -0.3 is 9.42 Å². The van der Waals surface area contributed by atoms with Crippen LogP contribution in [-0.4, -0.2) is 29.1 Å². The fourth-order valence-corrected chi connectivity index (χ4v) is 3.29. The lowest BCUT2D eigenvalue weighted by Crippen LogP contribution is -2.47. The highest BCUT2D eigenvalue weighted by Crippen LogP contribution is 2.33. The van der Waals surface area contributed by atoms with E-state index in [1.54, 1.807) is 0 Å². The molecule has 0 spiro atoms. The molecule has 116 valence electrons. The molecule has 2 heterocycles. The van der Waals surface area contributed by atoms with Gasteiger partial charge in [-0.3, -0.25) is 4.79 Å². The van der Waals surface area contributed by atoms with Gasteiger partial charge in [-0.05, 0) is 25.3 Å². The fraction of sp³-hybridized carbons (Fsp3) is 0.444. The van der Waals surface area contributed by atoms with Crippen LogP contribution in [0, 0.1) is 6.92 Å². The number of carbonyl (C=O) groups excluding carboxylic acids is 1. The van der Waals surface area contributed by atoms with Gasteiger partial charge in [0.1, 0.15) is 5.76 Å². The van der Waals surface area contributed by atoms with Crippen LogP contribution < -0.4 is 0 Å². The summed E-state index contributed by atoms with van der Waals surface area (Å²) in [7, 11) is 0. The average molecular weight is 298 g/mol. The molecule has 0 bridgehead atoms. The smallest absolute Gasteiger partial charge is 0.230 e. The van der Waals surface area contributed by atoms with E-state index in [1.807, 2.05) is 24.0 Å². The lowest BCUT2D eigenvalue weighted by atomic mass is 9.76. The molecule has 2 aromatic rings. The lowest BCUT2D eigenvalue weighted by molar-refractivity contribution is -0.132. The van der Waals surface area contributed by atoms with Gasteiger partial charge in [-0.2, -0.15) is 0 Å². The minimum atomic E-state index is 0.0342. The number of carbonyl (C=O) groups is 1. The summed E-state index contributed by atoms with van der Waals surface area (Å²) in [5.41, 5.74) is 2.16. The summed E-state index contributed by atoms with van der Waals surface area (Å²) in [6.45, 7) is 5.71. The molecule has 1 saturated heterocycles. The Morgan fingerprint density at radius 3 is 2.82 bits per heavy atom. The highest BCUT2D eigenvalue weighted by molar-refractivity contribution is 5.78. The van der Waals surface area contributed by atoms with Gasteiger partial charge in [-0.25, -0.2) is 0 Å². The van der Waals surface area contributed by atoms with Crippen LogP contribution >= 0.6 is 0 Å². The zero-order valence-electron chi connectivity index (χ0n) is 13.2. The molecule has 22 heavy (non-hydrogen) atoms. The van der Waals surface area contributed by atoms with Crippen molar-refractivity contribution in [3.63, 3.8) is 0 Å². The van der Waals surface area contributed by atoms with E-state index in [4.69, 9.17) is 4.52 Å². The maximum absolute atomic E-state index is 12.5. The number of rotatable bonds is 3. The van der Waals surface area contributed by atoms with E-state index in [0.717, 1.165) is 31.6 Å². The van der Waals surface area contributed by atoms with Crippen LogP contribution in [0.1, 0.15) is 36.8 Å². The zero-order chi connectivity index (χ0) is 15.6. The maximum Gasteiger partial charge on any atom is 0.230 e. The Morgan fingerprint density at radius 1 is 1.36 bits per heavy atom. The first kappa shape index (κ1) is 14.8. The van der Waals surface area contributed by atoms with Crippen LogP contribution in [0.15, 0.2) is 40.9 Å². The van der Waals surface area contributed by atoms with E-state index in [1.165, 1.54) is 5.56 Å². The van der Waals surface area contributed by atoms with Crippen molar-refractivity contribution in [1.29, 1.82) is 0 Å². The fourth-order valence-electron chi connectivity index (χ4n) is 3.29. The quantitative estimate of drug-likeness (QED) is 0.874. The summed E-state index contributed by atoms with van der Waals surface area (Å²) in [4.78, 5) is 14.5. The van der Waals surface area contributed by atoms with Crippen LogP contribution in [0.5, 0.6) is 0 Å². The first-order chi connectivity index (χ1) is 10.6. The minimum Gasteiger partial charge on any atom is -0.361 e. The predicted octanol–water partition coefficient (Wildman–Crippen LogP) is 3.11. The topological polar surface area (TPSA) is 46.3 Å². The average Bonchev–Trinajstić information content (AvgIpc) is 2.93. The van der Waals surface area contributed by atoms with Crippen molar-refractivity contribution in [2.45, 2.75) is 38.5 Å². The third kappa shape index (κ3) is 3.06. The molecule has 1 amide bonds. The Morgan fingerprint density at radius 2 is 2.14 bits per heavy atom. The summed E-state index contributed by atoms with van der Waals surface area (Å²) in [5.74, 6) is 0.771. The van der Waals surface area contributed by atoms with E-state index in [9.17, 15) is 4.79 Å². The Labute approximate surface area is 131 Å². The second-order valence-corrected chi connectivity index (χ2v) is 6.46. The molecule has 4 heteroatoms. The van der Waals surface area contributed by atoms with Crippen molar-refractivity contribution in [3.05, 3.63) is 53.4 Å². The molecule has 1 aliphatic rings. The van der Waals surface area contributed by atoms with Crippen molar-refractivity contribution in [2.24, 2.45) is 0 Å². The molecule has 4 nitrogen and oxygen atoms in total. The van der Waals surface area contributed by atoms with Gasteiger partial charge >= 0.3 is 0 Å². The Hall–Kier alpha value is -2.10. The second kappa shape index (κ2) is 5.95. The van der Waals surface area contributed by atoms with E-state index in [2.05, 4.69) is 36.3 Å². The number of aryl methyl sites for hydroxylation is 1. The maximum atomic E-state index is 12.5. The van der Waals surface area contributed by atoms with E-state index in [0.29, 0.717) is 12.2 Å². The van der Waals surface area contributed by atoms with Gasteiger partial charge in [0, 0.05) is 24.6 Å². The summed E-state index contributed by atoms with van der Waals surface area (Å²) in [6, 6.07) is 12.3. The molecule has 1 fully saturated rings. The molecule has 1 atom stereocenters. The SMILES string of the molecule is Cc1cc(CC(=O)N2CCC[C@@](C)(c3ccccc3)C2)on1. The van der Waals surface area contributed by atoms with Gasteiger partial charge in [0.2, 0.25) is 5.91 Å². The van der Waals surface area contributed by atoms with E-state index >= 15 is 0 Å². The molecule has 0 aliphatic carbocycles. The summed E-state index contributed by atoms with van der Waals surface area (Å²) in [5, 5.41) is 3.85. The summed E-state index contributed by atoms with van der Waals surface area (Å²) in [6.07, 6.45) is 2.44. The van der Waals surface area contributed by atoms with Gasteiger partial charge in [0.15, 0.2) is 0 Å². The molecule has 0 saturated carbocycles. The van der Waals surface area contributed by atoms with Gasteiger partial charge in [-0.1, -0.05) is 42.4 Å².